The van der Waals surface area contributed by atoms with Crippen LogP contribution in [-0.4, -0.2) is 132 Å². The van der Waals surface area contributed by atoms with Gasteiger partial charge in [0, 0.05) is 31.7 Å². The molecule has 1 saturated heterocycles. The second-order valence-corrected chi connectivity index (χ2v) is 26.4. The van der Waals surface area contributed by atoms with Crippen LogP contribution in [0, 0.1) is 0 Å². The van der Waals surface area contributed by atoms with Crippen molar-refractivity contribution in [2.75, 3.05) is 34.4 Å². The third-order valence-electron chi connectivity index (χ3n) is 13.9. The Labute approximate surface area is 516 Å². The highest BCUT2D eigenvalue weighted by atomic mass is 32.2. The SMILES string of the molecule is COc1ccc(CN(Cc2ccc(OC)cc2)S(=O)(=O)c2c(S(=O)(=O)N[C@H]3CN(C(=O)OC(C)(C)C)C[C@H]3NC(=O)OCc3ccccc3)ccc(-c3cccc(-c4cnc(CNC(=O)OC(C)(C)C)[nH]4)c3)c2-c2nnn(Cc3ccc(OC)cc3)n2)cc1. The Hall–Kier alpha value is -9.37. The maximum absolute atomic E-state index is 16.7. The van der Waals surface area contributed by atoms with Gasteiger partial charge in [-0.25, -0.2) is 40.9 Å². The second-order valence-electron chi connectivity index (χ2n) is 22.9. The number of aromatic nitrogens is 6. The number of carbonyl (C=O) groups excluding carboxylic acids is 3. The molecule has 8 aromatic rings. The molecule has 0 bridgehead atoms. The largest absolute Gasteiger partial charge is 0.497 e. The summed E-state index contributed by atoms with van der Waals surface area (Å²) in [5, 5.41) is 19.2. The van der Waals surface area contributed by atoms with E-state index >= 15 is 16.8 Å². The molecule has 1 aliphatic heterocycles. The lowest BCUT2D eigenvalue weighted by Gasteiger charge is -2.27. The van der Waals surface area contributed by atoms with Crippen LogP contribution >= 0.6 is 0 Å². The van der Waals surface area contributed by atoms with Crippen molar-refractivity contribution < 1.29 is 59.6 Å². The fraction of sp³-hybridized carbons (Fsp3) is 0.317. The van der Waals surface area contributed by atoms with E-state index in [1.807, 2.05) is 6.07 Å². The highest BCUT2D eigenvalue weighted by Crippen LogP contribution is 2.42. The molecule has 4 N–H and O–H groups in total. The summed E-state index contributed by atoms with van der Waals surface area (Å²) in [5.74, 6) is 1.76. The Bertz CT molecular complexity index is 3950. The van der Waals surface area contributed by atoms with Gasteiger partial charge in [0.1, 0.15) is 50.7 Å². The molecular weight excluding hydrogens is 1180 g/mol. The van der Waals surface area contributed by atoms with E-state index in [0.29, 0.717) is 56.6 Å². The second kappa shape index (κ2) is 27.3. The first-order chi connectivity index (χ1) is 42.4. The number of H-pyrrole nitrogens is 1. The van der Waals surface area contributed by atoms with Crippen molar-refractivity contribution in [1.29, 1.82) is 0 Å². The van der Waals surface area contributed by atoms with Gasteiger partial charge in [-0.15, -0.1) is 10.2 Å². The fourth-order valence-corrected chi connectivity index (χ4v) is 13.4. The number of imidazole rings is 1. The summed E-state index contributed by atoms with van der Waals surface area (Å²) in [4.78, 5) is 48.7. The molecule has 89 heavy (non-hydrogen) atoms. The standard InChI is InChI=1S/C63H71N11O13S2/c1-62(2,3)86-59(75)65-34-55-64-33-51(66-55)46-17-13-16-45(32-46)50-30-31-54(88(78,79)70-53-39-72(61(77)87-63(4,5)6)38-52(53)67-60(76)85-40-44-14-11-10-12-15-44)57(56(50)58-68-71-74(69-58)37-43-22-28-49(84-9)29-23-43)89(80,81)73(35-41-18-24-47(82-7)25-19-41)36-42-20-26-48(83-8)27-21-42/h10-33,52-53,70H,34-40H2,1-9H3,(H,64,66)(H,65,75)(H,67,76)/t52-,53+/m1/s1. The number of carbonyl (C=O) groups is 3. The first-order valence-corrected chi connectivity index (χ1v) is 31.2. The average Bonchev–Trinajstić information content (AvgIpc) is 1.49. The number of likely N-dealkylation sites (tertiary alicyclic amines) is 1. The first-order valence-electron chi connectivity index (χ1n) is 28.3. The van der Waals surface area contributed by atoms with Crippen molar-refractivity contribution in [2.24, 2.45) is 0 Å². The Balaban J connectivity index is 1.23. The van der Waals surface area contributed by atoms with Gasteiger partial charge in [0.05, 0.1) is 64.0 Å². The number of methoxy groups -OCH3 is 3. The molecule has 0 unspecified atom stereocenters. The maximum Gasteiger partial charge on any atom is 0.410 e. The molecule has 2 atom stereocenters. The summed E-state index contributed by atoms with van der Waals surface area (Å²) in [5.41, 5.74) is 2.16. The van der Waals surface area contributed by atoms with Crippen LogP contribution in [0.15, 0.2) is 156 Å². The molecule has 1 fully saturated rings. The first kappa shape index (κ1) is 64.1. The predicted molar refractivity (Wildman–Crippen MR) is 329 cm³/mol. The van der Waals surface area contributed by atoms with Gasteiger partial charge in [-0.2, -0.15) is 9.10 Å². The van der Waals surface area contributed by atoms with Gasteiger partial charge in [0.2, 0.25) is 25.9 Å². The van der Waals surface area contributed by atoms with Crippen LogP contribution in [0.1, 0.15) is 69.6 Å². The summed E-state index contributed by atoms with van der Waals surface area (Å²) in [6.07, 6.45) is -0.767. The molecule has 3 amide bonds. The number of hydrogen-bond donors (Lipinski definition) is 4. The molecule has 0 saturated carbocycles. The van der Waals surface area contributed by atoms with Gasteiger partial charge in [-0.3, -0.25) is 0 Å². The number of rotatable bonds is 22. The van der Waals surface area contributed by atoms with Crippen molar-refractivity contribution in [3.8, 4) is 51.0 Å². The Morgan fingerprint density at radius 2 is 1.25 bits per heavy atom. The zero-order valence-electron chi connectivity index (χ0n) is 50.7. The minimum absolute atomic E-state index is 0.000391. The molecule has 9 rings (SSSR count). The Morgan fingerprint density at radius 3 is 1.84 bits per heavy atom. The predicted octanol–water partition coefficient (Wildman–Crippen LogP) is 9.08. The lowest BCUT2D eigenvalue weighted by molar-refractivity contribution is 0.0287. The molecule has 24 nitrogen and oxygen atoms in total. The van der Waals surface area contributed by atoms with Crippen molar-refractivity contribution >= 4 is 38.3 Å². The molecule has 0 aliphatic carbocycles. The zero-order valence-corrected chi connectivity index (χ0v) is 52.3. The summed E-state index contributed by atoms with van der Waals surface area (Å²) >= 11 is 0. The summed E-state index contributed by atoms with van der Waals surface area (Å²) in [6.45, 7) is 9.07. The van der Waals surface area contributed by atoms with Gasteiger partial charge in [-0.05, 0) is 129 Å². The van der Waals surface area contributed by atoms with E-state index in [9.17, 15) is 14.4 Å². The number of nitrogens with zero attached hydrogens (tertiary/aromatic N) is 7. The highest BCUT2D eigenvalue weighted by molar-refractivity contribution is 7.92. The van der Waals surface area contributed by atoms with E-state index in [0.717, 1.165) is 9.87 Å². The van der Waals surface area contributed by atoms with E-state index < -0.39 is 71.4 Å². The highest BCUT2D eigenvalue weighted by Gasteiger charge is 2.44. The summed E-state index contributed by atoms with van der Waals surface area (Å²) < 4.78 is 102. The fourth-order valence-electron chi connectivity index (χ4n) is 9.67. The number of tetrazole rings is 1. The molecule has 0 radical (unpaired) electrons. The lowest BCUT2D eigenvalue weighted by Crippen LogP contribution is -2.51. The van der Waals surface area contributed by atoms with Crippen molar-refractivity contribution in [3.63, 3.8) is 0 Å². The van der Waals surface area contributed by atoms with Gasteiger partial charge in [-0.1, -0.05) is 91.0 Å². The maximum atomic E-state index is 16.7. The van der Waals surface area contributed by atoms with Crippen LogP contribution in [-0.2, 0) is 67.0 Å². The van der Waals surface area contributed by atoms with E-state index in [2.05, 4.69) is 35.6 Å². The number of benzene rings is 6. The molecule has 468 valence electrons. The summed E-state index contributed by atoms with van der Waals surface area (Å²) in [7, 11) is -5.71. The van der Waals surface area contributed by atoms with Crippen LogP contribution < -0.4 is 29.6 Å². The van der Waals surface area contributed by atoms with Gasteiger partial charge < -0.3 is 48.9 Å². The number of ether oxygens (including phenoxy) is 6. The van der Waals surface area contributed by atoms with Crippen LogP contribution in [0.5, 0.6) is 17.2 Å². The third-order valence-corrected chi connectivity index (χ3v) is 17.5. The summed E-state index contributed by atoms with van der Waals surface area (Å²) in [6, 6.07) is 36.8. The van der Waals surface area contributed by atoms with E-state index in [-0.39, 0.29) is 62.8 Å². The van der Waals surface area contributed by atoms with Crippen molar-refractivity contribution in [2.45, 2.75) is 107 Å². The number of alkyl carbamates (subject to hydrolysis) is 2. The average molecular weight is 1250 g/mol. The van der Waals surface area contributed by atoms with E-state index in [1.54, 1.807) is 176 Å². The zero-order chi connectivity index (χ0) is 63.7. The topological polar surface area (TPSA) is 290 Å². The molecule has 2 aromatic heterocycles. The molecule has 26 heteroatoms. The van der Waals surface area contributed by atoms with Crippen molar-refractivity contribution in [3.05, 3.63) is 174 Å². The molecule has 6 aromatic carbocycles. The molecule has 1 aliphatic rings. The molecule has 0 spiro atoms. The van der Waals surface area contributed by atoms with Crippen LogP contribution in [0.4, 0.5) is 14.4 Å². The minimum Gasteiger partial charge on any atom is -0.497 e. The van der Waals surface area contributed by atoms with Gasteiger partial charge >= 0.3 is 18.3 Å². The number of aromatic amines is 1. The number of sulfonamides is 2. The van der Waals surface area contributed by atoms with Crippen molar-refractivity contribution in [1.82, 2.24) is 54.7 Å². The quantitative estimate of drug-likeness (QED) is 0.0460. The smallest absolute Gasteiger partial charge is 0.410 e. The van der Waals surface area contributed by atoms with Gasteiger partial charge in [0.25, 0.3) is 0 Å². The normalized spacial score (nSPS) is 14.5. The number of nitrogens with one attached hydrogen (secondary N) is 4. The molecular formula is C63H71N11O13S2. The van der Waals surface area contributed by atoms with Crippen LogP contribution in [0.2, 0.25) is 0 Å². The Kier molecular flexibility index (Phi) is 19.7. The molecule has 3 heterocycles. The monoisotopic (exact) mass is 1250 g/mol. The Morgan fingerprint density at radius 1 is 0.663 bits per heavy atom. The van der Waals surface area contributed by atoms with Gasteiger partial charge in [0.15, 0.2) is 0 Å². The number of amides is 3. The lowest BCUT2D eigenvalue weighted by atomic mass is 9.97. The van der Waals surface area contributed by atoms with Crippen LogP contribution in [0.3, 0.4) is 0 Å². The van der Waals surface area contributed by atoms with Crippen LogP contribution in [0.25, 0.3) is 33.8 Å². The van der Waals surface area contributed by atoms with E-state index in [1.165, 1.54) is 36.0 Å². The number of hydrogen-bond acceptors (Lipinski definition) is 17. The third kappa shape index (κ3) is 16.6. The van der Waals surface area contributed by atoms with E-state index in [4.69, 9.17) is 33.5 Å². The minimum atomic E-state index is -5.15.